The van der Waals surface area contributed by atoms with E-state index in [0.717, 1.165) is 0 Å². The fraction of sp³-hybridized carbons (Fsp3) is 0. The van der Waals surface area contributed by atoms with E-state index in [0.29, 0.717) is 16.3 Å². The molecule has 14 heavy (non-hydrogen) atoms. The lowest BCUT2D eigenvalue weighted by Crippen LogP contribution is -1.89. The van der Waals surface area contributed by atoms with Crippen molar-refractivity contribution in [2.75, 3.05) is 0 Å². The Morgan fingerprint density at radius 3 is 2.43 bits per heavy atom. The molecule has 0 aliphatic rings. The SMILES string of the molecule is O=C(Cl)c1cccc2c(O)cccc12. The van der Waals surface area contributed by atoms with Crippen molar-refractivity contribution in [2.45, 2.75) is 0 Å². The summed E-state index contributed by atoms with van der Waals surface area (Å²) in [5.74, 6) is 0.155. The van der Waals surface area contributed by atoms with Crippen LogP contribution in [0.1, 0.15) is 10.4 Å². The van der Waals surface area contributed by atoms with Gasteiger partial charge in [0.2, 0.25) is 0 Å². The van der Waals surface area contributed by atoms with Crippen molar-refractivity contribution in [1.29, 1.82) is 0 Å². The van der Waals surface area contributed by atoms with Crippen molar-refractivity contribution >= 4 is 27.6 Å². The minimum atomic E-state index is -0.513. The summed E-state index contributed by atoms with van der Waals surface area (Å²) in [5.41, 5.74) is 0.417. The van der Waals surface area contributed by atoms with Gasteiger partial charge in [-0.15, -0.1) is 0 Å². The van der Waals surface area contributed by atoms with Crippen LogP contribution in [0.4, 0.5) is 0 Å². The number of carbonyl (C=O) groups excluding carboxylic acids is 1. The van der Waals surface area contributed by atoms with Crippen LogP contribution in [0.25, 0.3) is 10.8 Å². The maximum atomic E-state index is 11.1. The predicted octanol–water partition coefficient (Wildman–Crippen LogP) is 2.92. The van der Waals surface area contributed by atoms with Gasteiger partial charge >= 0.3 is 0 Å². The standard InChI is InChI=1S/C11H7ClO2/c12-11(14)9-5-1-4-8-7(9)3-2-6-10(8)13/h1-6,13H. The summed E-state index contributed by atoms with van der Waals surface area (Å²) in [6.07, 6.45) is 0. The Labute approximate surface area is 85.7 Å². The molecule has 0 spiro atoms. The van der Waals surface area contributed by atoms with Crippen LogP contribution in [-0.2, 0) is 0 Å². The fourth-order valence-corrected chi connectivity index (χ4v) is 1.63. The molecule has 0 bridgehead atoms. The monoisotopic (exact) mass is 206 g/mol. The van der Waals surface area contributed by atoms with Crippen molar-refractivity contribution in [1.82, 2.24) is 0 Å². The first-order valence-electron chi connectivity index (χ1n) is 4.10. The van der Waals surface area contributed by atoms with Crippen molar-refractivity contribution < 1.29 is 9.90 Å². The van der Waals surface area contributed by atoms with Crippen LogP contribution in [0.15, 0.2) is 36.4 Å². The van der Waals surface area contributed by atoms with Gasteiger partial charge in [0.1, 0.15) is 5.75 Å². The number of hydrogen-bond donors (Lipinski definition) is 1. The highest BCUT2D eigenvalue weighted by atomic mass is 35.5. The quantitative estimate of drug-likeness (QED) is 0.729. The average molecular weight is 207 g/mol. The smallest absolute Gasteiger partial charge is 0.253 e. The molecule has 0 heterocycles. The zero-order valence-electron chi connectivity index (χ0n) is 7.20. The Balaban J connectivity index is 2.88. The number of carbonyl (C=O) groups is 1. The maximum Gasteiger partial charge on any atom is 0.253 e. The van der Waals surface area contributed by atoms with Crippen LogP contribution in [0.5, 0.6) is 5.75 Å². The zero-order chi connectivity index (χ0) is 10.1. The molecular formula is C11H7ClO2. The van der Waals surface area contributed by atoms with Crippen LogP contribution in [0, 0.1) is 0 Å². The van der Waals surface area contributed by atoms with Gasteiger partial charge in [-0.3, -0.25) is 4.79 Å². The number of phenolic OH excluding ortho intramolecular Hbond substituents is 1. The van der Waals surface area contributed by atoms with E-state index < -0.39 is 5.24 Å². The molecule has 2 aromatic carbocycles. The number of benzene rings is 2. The molecule has 0 fully saturated rings. The van der Waals surface area contributed by atoms with Crippen molar-refractivity contribution in [3.63, 3.8) is 0 Å². The lowest BCUT2D eigenvalue weighted by molar-refractivity contribution is 0.108. The van der Waals surface area contributed by atoms with Gasteiger partial charge in [0, 0.05) is 10.9 Å². The zero-order valence-corrected chi connectivity index (χ0v) is 7.95. The second-order valence-corrected chi connectivity index (χ2v) is 3.29. The first-order chi connectivity index (χ1) is 6.70. The highest BCUT2D eigenvalue weighted by Gasteiger charge is 2.08. The molecule has 0 aliphatic carbocycles. The molecule has 70 valence electrons. The van der Waals surface area contributed by atoms with E-state index in [2.05, 4.69) is 0 Å². The van der Waals surface area contributed by atoms with Gasteiger partial charge in [-0.2, -0.15) is 0 Å². The summed E-state index contributed by atoms with van der Waals surface area (Å²) in [4.78, 5) is 11.1. The molecule has 0 atom stereocenters. The van der Waals surface area contributed by atoms with E-state index in [1.807, 2.05) is 0 Å². The van der Waals surface area contributed by atoms with Crippen molar-refractivity contribution in [3.8, 4) is 5.75 Å². The average Bonchev–Trinajstić information content (AvgIpc) is 2.17. The molecule has 0 aliphatic heterocycles. The van der Waals surface area contributed by atoms with Crippen molar-refractivity contribution in [3.05, 3.63) is 42.0 Å². The van der Waals surface area contributed by atoms with Gasteiger partial charge in [-0.1, -0.05) is 24.3 Å². The third-order valence-corrected chi connectivity index (χ3v) is 2.31. The molecule has 2 nitrogen and oxygen atoms in total. The van der Waals surface area contributed by atoms with Gasteiger partial charge < -0.3 is 5.11 Å². The van der Waals surface area contributed by atoms with Gasteiger partial charge in [0.25, 0.3) is 5.24 Å². The first kappa shape index (κ1) is 9.03. The predicted molar refractivity (Wildman–Crippen MR) is 55.8 cm³/mol. The Morgan fingerprint density at radius 2 is 1.71 bits per heavy atom. The van der Waals surface area contributed by atoms with Gasteiger partial charge in [-0.25, -0.2) is 0 Å². The molecule has 0 unspecified atom stereocenters. The van der Waals surface area contributed by atoms with Crippen LogP contribution < -0.4 is 0 Å². The molecule has 0 saturated carbocycles. The Hall–Kier alpha value is -1.54. The number of aromatic hydroxyl groups is 1. The van der Waals surface area contributed by atoms with E-state index in [-0.39, 0.29) is 5.75 Å². The molecule has 1 N–H and O–H groups in total. The Bertz CT molecular complexity index is 506. The van der Waals surface area contributed by atoms with Crippen LogP contribution in [0.2, 0.25) is 0 Å². The fourth-order valence-electron chi connectivity index (χ4n) is 1.46. The number of halogens is 1. The summed E-state index contributed by atoms with van der Waals surface area (Å²) >= 11 is 5.41. The van der Waals surface area contributed by atoms with Crippen LogP contribution in [-0.4, -0.2) is 10.3 Å². The second kappa shape index (κ2) is 3.31. The van der Waals surface area contributed by atoms with Gasteiger partial charge in [0.05, 0.1) is 0 Å². The normalized spacial score (nSPS) is 10.4. The third-order valence-electron chi connectivity index (χ3n) is 2.11. The topological polar surface area (TPSA) is 37.3 Å². The summed E-state index contributed by atoms with van der Waals surface area (Å²) in [6.45, 7) is 0. The van der Waals surface area contributed by atoms with Crippen LogP contribution >= 0.6 is 11.6 Å². The minimum Gasteiger partial charge on any atom is -0.507 e. The van der Waals surface area contributed by atoms with E-state index in [4.69, 9.17) is 11.6 Å². The number of rotatable bonds is 1. The molecule has 3 heteroatoms. The molecular weight excluding hydrogens is 200 g/mol. The largest absolute Gasteiger partial charge is 0.507 e. The third kappa shape index (κ3) is 1.34. The van der Waals surface area contributed by atoms with E-state index in [1.54, 1.807) is 36.4 Å². The lowest BCUT2D eigenvalue weighted by atomic mass is 10.0. The molecule has 0 aromatic heterocycles. The summed E-state index contributed by atoms with van der Waals surface area (Å²) in [7, 11) is 0. The second-order valence-electron chi connectivity index (χ2n) is 2.95. The van der Waals surface area contributed by atoms with Crippen LogP contribution in [0.3, 0.4) is 0 Å². The number of fused-ring (bicyclic) bond motifs is 1. The highest BCUT2D eigenvalue weighted by molar-refractivity contribution is 6.68. The molecule has 0 radical (unpaired) electrons. The molecule has 0 amide bonds. The van der Waals surface area contributed by atoms with E-state index in [9.17, 15) is 9.90 Å². The molecule has 2 rings (SSSR count). The maximum absolute atomic E-state index is 11.1. The summed E-state index contributed by atoms with van der Waals surface area (Å²) in [5, 5.41) is 10.3. The molecule has 2 aromatic rings. The number of hydrogen-bond acceptors (Lipinski definition) is 2. The lowest BCUT2D eigenvalue weighted by Gasteiger charge is -2.03. The summed E-state index contributed by atoms with van der Waals surface area (Å²) in [6, 6.07) is 10.1. The Kier molecular flexibility index (Phi) is 2.14. The van der Waals surface area contributed by atoms with Crippen molar-refractivity contribution in [2.24, 2.45) is 0 Å². The first-order valence-corrected chi connectivity index (χ1v) is 4.48. The summed E-state index contributed by atoms with van der Waals surface area (Å²) < 4.78 is 0. The minimum absolute atomic E-state index is 0.155. The number of phenols is 1. The molecule has 0 saturated heterocycles. The van der Waals surface area contributed by atoms with Gasteiger partial charge in [0.15, 0.2) is 0 Å². The van der Waals surface area contributed by atoms with E-state index >= 15 is 0 Å². The Morgan fingerprint density at radius 1 is 1.07 bits per heavy atom. The van der Waals surface area contributed by atoms with Gasteiger partial charge in [-0.05, 0) is 29.1 Å². The van der Waals surface area contributed by atoms with E-state index in [1.165, 1.54) is 0 Å². The highest BCUT2D eigenvalue weighted by Crippen LogP contribution is 2.27.